The van der Waals surface area contributed by atoms with Crippen LogP contribution >= 0.6 is 11.6 Å². The number of amides is 1. The first-order valence-electron chi connectivity index (χ1n) is 10.9. The van der Waals surface area contributed by atoms with Crippen molar-refractivity contribution in [3.8, 4) is 5.75 Å². The standard InChI is InChI=1S/C23H28ClN3O5S/c1-33(29,30)27-8-7-22(32-21-6-5-19(24)14-20(21)27)23(28)25-15-17-3-2-4-18(13-17)16-26-9-11-31-12-10-26/h2-6,13-14,22H,7-12,15-16H2,1H3,(H,25,28). The Bertz CT molecular complexity index is 1110. The van der Waals surface area contributed by atoms with Crippen LogP contribution in [0, 0.1) is 0 Å². The number of morpholine rings is 1. The Morgan fingerprint density at radius 2 is 1.88 bits per heavy atom. The van der Waals surface area contributed by atoms with E-state index in [2.05, 4.69) is 22.3 Å². The Morgan fingerprint density at radius 1 is 1.12 bits per heavy atom. The van der Waals surface area contributed by atoms with Gasteiger partial charge < -0.3 is 14.8 Å². The SMILES string of the molecule is CS(=O)(=O)N1CCC(C(=O)NCc2cccc(CN3CCOCC3)c2)Oc2ccc(Cl)cc21. The lowest BCUT2D eigenvalue weighted by molar-refractivity contribution is -0.128. The van der Waals surface area contributed by atoms with Crippen LogP contribution in [0.15, 0.2) is 42.5 Å². The van der Waals surface area contributed by atoms with Crippen molar-refractivity contribution in [1.29, 1.82) is 0 Å². The summed E-state index contributed by atoms with van der Waals surface area (Å²) in [6.07, 6.45) is 0.540. The van der Waals surface area contributed by atoms with E-state index in [1.165, 1.54) is 15.9 Å². The second-order valence-corrected chi connectivity index (χ2v) is 10.6. The summed E-state index contributed by atoms with van der Waals surface area (Å²) in [5, 5.41) is 3.33. The molecule has 10 heteroatoms. The van der Waals surface area contributed by atoms with Crippen molar-refractivity contribution in [2.24, 2.45) is 0 Å². The van der Waals surface area contributed by atoms with E-state index >= 15 is 0 Å². The Hall–Kier alpha value is -2.33. The summed E-state index contributed by atoms with van der Waals surface area (Å²) >= 11 is 6.07. The van der Waals surface area contributed by atoms with Crippen LogP contribution in [0.4, 0.5) is 5.69 Å². The van der Waals surface area contributed by atoms with Crippen molar-refractivity contribution < 1.29 is 22.7 Å². The van der Waals surface area contributed by atoms with Crippen molar-refractivity contribution in [1.82, 2.24) is 10.2 Å². The maximum Gasteiger partial charge on any atom is 0.261 e. The lowest BCUT2D eigenvalue weighted by Gasteiger charge is -2.26. The Kier molecular flexibility index (Phi) is 7.43. The highest BCUT2D eigenvalue weighted by Gasteiger charge is 2.31. The number of rotatable bonds is 6. The predicted octanol–water partition coefficient (Wildman–Crippen LogP) is 2.41. The molecule has 2 aliphatic heterocycles. The number of sulfonamides is 1. The van der Waals surface area contributed by atoms with Crippen LogP contribution < -0.4 is 14.4 Å². The van der Waals surface area contributed by atoms with Gasteiger partial charge in [-0.2, -0.15) is 0 Å². The van der Waals surface area contributed by atoms with Gasteiger partial charge in [0.05, 0.1) is 25.2 Å². The summed E-state index contributed by atoms with van der Waals surface area (Å²) in [5.41, 5.74) is 2.52. The van der Waals surface area contributed by atoms with E-state index in [1.54, 1.807) is 12.1 Å². The minimum Gasteiger partial charge on any atom is -0.478 e. The number of nitrogens with zero attached hydrogens (tertiary/aromatic N) is 2. The number of halogens is 1. The second kappa shape index (κ2) is 10.3. The molecule has 1 fully saturated rings. The lowest BCUT2D eigenvalue weighted by Crippen LogP contribution is -2.39. The number of fused-ring (bicyclic) bond motifs is 1. The number of anilines is 1. The molecule has 2 aromatic rings. The number of carbonyl (C=O) groups excluding carboxylic acids is 1. The fraction of sp³-hybridized carbons (Fsp3) is 0.435. The van der Waals surface area contributed by atoms with Gasteiger partial charge in [-0.1, -0.05) is 35.9 Å². The molecule has 0 aromatic heterocycles. The monoisotopic (exact) mass is 493 g/mol. The predicted molar refractivity (Wildman–Crippen MR) is 127 cm³/mol. The van der Waals surface area contributed by atoms with Gasteiger partial charge in [0.2, 0.25) is 10.0 Å². The van der Waals surface area contributed by atoms with E-state index in [1.807, 2.05) is 12.1 Å². The van der Waals surface area contributed by atoms with Gasteiger partial charge in [0, 0.05) is 44.2 Å². The van der Waals surface area contributed by atoms with Crippen molar-refractivity contribution in [2.45, 2.75) is 25.6 Å². The maximum atomic E-state index is 12.9. The molecular formula is C23H28ClN3O5S. The molecule has 0 saturated carbocycles. The average molecular weight is 494 g/mol. The van der Waals surface area contributed by atoms with Crippen molar-refractivity contribution in [3.63, 3.8) is 0 Å². The molecule has 1 unspecified atom stereocenters. The van der Waals surface area contributed by atoms with E-state index in [0.717, 1.165) is 44.7 Å². The summed E-state index contributed by atoms with van der Waals surface area (Å²) in [4.78, 5) is 15.3. The number of hydrogen-bond donors (Lipinski definition) is 1. The third-order valence-corrected chi connectivity index (χ3v) is 7.13. The number of carbonyl (C=O) groups is 1. The highest BCUT2D eigenvalue weighted by Crippen LogP contribution is 2.36. The molecule has 178 valence electrons. The van der Waals surface area contributed by atoms with Crippen LogP contribution in [-0.2, 0) is 32.6 Å². The molecule has 4 rings (SSSR count). The molecule has 1 saturated heterocycles. The van der Waals surface area contributed by atoms with Gasteiger partial charge in [0.25, 0.3) is 5.91 Å². The first-order chi connectivity index (χ1) is 15.8. The minimum atomic E-state index is -3.55. The summed E-state index contributed by atoms with van der Waals surface area (Å²) in [5.74, 6) is 0.0276. The fourth-order valence-electron chi connectivity index (χ4n) is 4.04. The Labute approximate surface area is 199 Å². The van der Waals surface area contributed by atoms with Crippen LogP contribution in [0.3, 0.4) is 0 Å². The van der Waals surface area contributed by atoms with Gasteiger partial charge in [0.1, 0.15) is 5.75 Å². The maximum absolute atomic E-state index is 12.9. The molecule has 0 radical (unpaired) electrons. The minimum absolute atomic E-state index is 0.124. The topological polar surface area (TPSA) is 88.2 Å². The van der Waals surface area contributed by atoms with E-state index in [-0.39, 0.29) is 18.9 Å². The Morgan fingerprint density at radius 3 is 2.64 bits per heavy atom. The second-order valence-electron chi connectivity index (χ2n) is 8.27. The molecule has 33 heavy (non-hydrogen) atoms. The highest BCUT2D eigenvalue weighted by atomic mass is 35.5. The normalized spacial score (nSPS) is 19.3. The third-order valence-electron chi connectivity index (χ3n) is 5.71. The quantitative estimate of drug-likeness (QED) is 0.665. The summed E-state index contributed by atoms with van der Waals surface area (Å²) in [6.45, 7) is 4.66. The van der Waals surface area contributed by atoms with E-state index in [9.17, 15) is 13.2 Å². The molecule has 0 bridgehead atoms. The van der Waals surface area contributed by atoms with Gasteiger partial charge in [-0.25, -0.2) is 8.42 Å². The van der Waals surface area contributed by atoms with Crippen LogP contribution in [0.2, 0.25) is 5.02 Å². The van der Waals surface area contributed by atoms with E-state index in [4.69, 9.17) is 21.1 Å². The molecule has 1 N–H and O–H groups in total. The Balaban J connectivity index is 1.41. The van der Waals surface area contributed by atoms with Crippen molar-refractivity contribution in [3.05, 3.63) is 58.6 Å². The summed E-state index contributed by atoms with van der Waals surface area (Å²) < 4.78 is 37.1. The first kappa shape index (κ1) is 23.8. The molecule has 2 aromatic carbocycles. The number of hydrogen-bond acceptors (Lipinski definition) is 6. The smallest absolute Gasteiger partial charge is 0.261 e. The molecule has 0 aliphatic carbocycles. The van der Waals surface area contributed by atoms with Crippen molar-refractivity contribution in [2.75, 3.05) is 43.4 Å². The van der Waals surface area contributed by atoms with Crippen LogP contribution in [0.5, 0.6) is 5.75 Å². The molecule has 1 amide bonds. The molecule has 2 heterocycles. The van der Waals surface area contributed by atoms with E-state index in [0.29, 0.717) is 23.0 Å². The average Bonchev–Trinajstić information content (AvgIpc) is 2.98. The zero-order valence-electron chi connectivity index (χ0n) is 18.5. The third kappa shape index (κ3) is 6.17. The van der Waals surface area contributed by atoms with Crippen LogP contribution in [-0.4, -0.2) is 64.4 Å². The fourth-order valence-corrected chi connectivity index (χ4v) is 5.14. The number of benzene rings is 2. The molecule has 0 spiro atoms. The van der Waals surface area contributed by atoms with Gasteiger partial charge >= 0.3 is 0 Å². The van der Waals surface area contributed by atoms with Crippen molar-refractivity contribution >= 4 is 33.2 Å². The van der Waals surface area contributed by atoms with Gasteiger partial charge in [0.15, 0.2) is 6.10 Å². The first-order valence-corrected chi connectivity index (χ1v) is 13.1. The molecule has 8 nitrogen and oxygen atoms in total. The highest BCUT2D eigenvalue weighted by molar-refractivity contribution is 7.92. The van der Waals surface area contributed by atoms with Gasteiger partial charge in [-0.05, 0) is 29.3 Å². The number of ether oxygens (including phenoxy) is 2. The van der Waals surface area contributed by atoms with E-state index < -0.39 is 16.1 Å². The van der Waals surface area contributed by atoms with Crippen LogP contribution in [0.1, 0.15) is 17.5 Å². The van der Waals surface area contributed by atoms with Crippen LogP contribution in [0.25, 0.3) is 0 Å². The summed E-state index contributed by atoms with van der Waals surface area (Å²) in [6, 6.07) is 12.9. The number of nitrogens with one attached hydrogen (secondary N) is 1. The summed E-state index contributed by atoms with van der Waals surface area (Å²) in [7, 11) is -3.55. The van der Waals surface area contributed by atoms with Gasteiger partial charge in [-0.3, -0.25) is 14.0 Å². The zero-order chi connectivity index (χ0) is 23.4. The zero-order valence-corrected chi connectivity index (χ0v) is 20.1. The largest absolute Gasteiger partial charge is 0.478 e. The molecule has 2 aliphatic rings. The van der Waals surface area contributed by atoms with Gasteiger partial charge in [-0.15, -0.1) is 0 Å². The lowest BCUT2D eigenvalue weighted by atomic mass is 10.1. The molecule has 1 atom stereocenters. The molecular weight excluding hydrogens is 466 g/mol.